The second-order valence-electron chi connectivity index (χ2n) is 10.0. The number of amides is 1. The van der Waals surface area contributed by atoms with Crippen molar-refractivity contribution in [2.45, 2.75) is 33.1 Å². The molecule has 30 heavy (non-hydrogen) atoms. The zero-order chi connectivity index (χ0) is 20.9. The number of carbonyl (C=O) groups is 1. The number of aromatic nitrogens is 1. The molecule has 5 rings (SSSR count). The molecule has 1 aromatic carbocycles. The van der Waals surface area contributed by atoms with Gasteiger partial charge in [-0.05, 0) is 48.4 Å². The minimum Gasteiger partial charge on any atom is -0.353 e. The summed E-state index contributed by atoms with van der Waals surface area (Å²) in [6, 6.07) is 8.11. The Bertz CT molecular complexity index is 1050. The highest BCUT2D eigenvalue weighted by molar-refractivity contribution is 6.13. The lowest BCUT2D eigenvalue weighted by Crippen LogP contribution is -2.71. The van der Waals surface area contributed by atoms with Gasteiger partial charge in [-0.15, -0.1) is 0 Å². The smallest absolute Gasteiger partial charge is 0.253 e. The molecule has 0 bridgehead atoms. The molecule has 1 amide bonds. The van der Waals surface area contributed by atoms with Gasteiger partial charge < -0.3 is 20.6 Å². The average Bonchev–Trinajstić information content (AvgIpc) is 3.07. The van der Waals surface area contributed by atoms with Gasteiger partial charge in [0.1, 0.15) is 5.71 Å². The van der Waals surface area contributed by atoms with Gasteiger partial charge in [-0.25, -0.2) is 0 Å². The van der Waals surface area contributed by atoms with E-state index in [-0.39, 0.29) is 5.91 Å². The molecule has 3 heterocycles. The minimum atomic E-state index is 0.131. The van der Waals surface area contributed by atoms with Crippen LogP contribution in [0, 0.1) is 10.8 Å². The highest BCUT2D eigenvalue weighted by atomic mass is 16.2. The first-order valence-electron chi connectivity index (χ1n) is 11.0. The van der Waals surface area contributed by atoms with Crippen molar-refractivity contribution in [3.8, 4) is 0 Å². The first-order valence-corrected chi connectivity index (χ1v) is 11.0. The maximum atomic E-state index is 12.9. The standard InChI is InChI=1S/C24H31N5O/c1-23(2)8-6-16(7-9-23)21(28-25-3)20-10-17-4-5-18(11-19(17)27-20)22(30)29-14-24(15-29)12-26-13-24/h4-6,10-11,25-27H,7-9,12-15H2,1-3H3/b28-21+. The molecule has 1 spiro atoms. The molecule has 0 atom stereocenters. The summed E-state index contributed by atoms with van der Waals surface area (Å²) in [6.07, 6.45) is 5.58. The third kappa shape index (κ3) is 3.33. The number of nitrogens with zero attached hydrogens (tertiary/aromatic N) is 2. The van der Waals surface area contributed by atoms with Gasteiger partial charge >= 0.3 is 0 Å². The van der Waals surface area contributed by atoms with Gasteiger partial charge in [-0.2, -0.15) is 5.10 Å². The summed E-state index contributed by atoms with van der Waals surface area (Å²) >= 11 is 0. The molecule has 6 nitrogen and oxygen atoms in total. The van der Waals surface area contributed by atoms with E-state index in [9.17, 15) is 4.79 Å². The van der Waals surface area contributed by atoms with E-state index in [0.717, 1.165) is 73.3 Å². The van der Waals surface area contributed by atoms with Crippen molar-refractivity contribution < 1.29 is 4.79 Å². The first kappa shape index (κ1) is 19.4. The summed E-state index contributed by atoms with van der Waals surface area (Å²) < 4.78 is 0. The molecule has 6 heteroatoms. The molecule has 0 unspecified atom stereocenters. The molecule has 158 valence electrons. The Morgan fingerprint density at radius 3 is 2.63 bits per heavy atom. The monoisotopic (exact) mass is 405 g/mol. The number of nitrogens with one attached hydrogen (secondary N) is 3. The van der Waals surface area contributed by atoms with Crippen LogP contribution in [0.4, 0.5) is 0 Å². The molecular weight excluding hydrogens is 374 g/mol. The van der Waals surface area contributed by atoms with Crippen LogP contribution in [-0.2, 0) is 0 Å². The van der Waals surface area contributed by atoms with Crippen LogP contribution in [0.2, 0.25) is 0 Å². The van der Waals surface area contributed by atoms with Crippen LogP contribution in [0.3, 0.4) is 0 Å². The molecule has 0 radical (unpaired) electrons. The Morgan fingerprint density at radius 1 is 1.20 bits per heavy atom. The number of likely N-dealkylation sites (tertiary alicyclic amines) is 1. The van der Waals surface area contributed by atoms with Crippen molar-refractivity contribution in [1.82, 2.24) is 20.6 Å². The van der Waals surface area contributed by atoms with Crippen LogP contribution in [0.25, 0.3) is 10.9 Å². The third-order valence-electron chi connectivity index (χ3n) is 6.96. The normalized spacial score (nSPS) is 22.4. The number of hydrogen-bond donors (Lipinski definition) is 3. The summed E-state index contributed by atoms with van der Waals surface area (Å²) in [4.78, 5) is 18.4. The van der Waals surface area contributed by atoms with E-state index in [1.165, 1.54) is 5.57 Å². The van der Waals surface area contributed by atoms with E-state index < -0.39 is 0 Å². The van der Waals surface area contributed by atoms with Crippen LogP contribution < -0.4 is 10.7 Å². The fourth-order valence-electron chi connectivity index (χ4n) is 4.89. The number of benzene rings is 1. The molecule has 0 saturated carbocycles. The van der Waals surface area contributed by atoms with E-state index >= 15 is 0 Å². The highest BCUT2D eigenvalue weighted by Gasteiger charge is 2.49. The largest absolute Gasteiger partial charge is 0.353 e. The zero-order valence-electron chi connectivity index (χ0n) is 18.1. The molecule has 2 fully saturated rings. The maximum Gasteiger partial charge on any atom is 0.253 e. The third-order valence-corrected chi connectivity index (χ3v) is 6.96. The molecule has 3 N–H and O–H groups in total. The lowest BCUT2D eigenvalue weighted by molar-refractivity contribution is -0.0248. The number of carbonyl (C=O) groups excluding carboxylic acids is 1. The minimum absolute atomic E-state index is 0.131. The predicted molar refractivity (Wildman–Crippen MR) is 121 cm³/mol. The van der Waals surface area contributed by atoms with E-state index in [4.69, 9.17) is 0 Å². The highest BCUT2D eigenvalue weighted by Crippen LogP contribution is 2.36. The van der Waals surface area contributed by atoms with Crippen molar-refractivity contribution in [2.24, 2.45) is 15.9 Å². The zero-order valence-corrected chi connectivity index (χ0v) is 18.1. The number of hydrazone groups is 1. The first-order chi connectivity index (χ1) is 14.4. The second kappa shape index (κ2) is 6.98. The van der Waals surface area contributed by atoms with E-state index in [1.807, 2.05) is 30.1 Å². The number of aromatic amines is 1. The molecular formula is C24H31N5O. The summed E-state index contributed by atoms with van der Waals surface area (Å²) in [5.74, 6) is 0.131. The summed E-state index contributed by atoms with van der Waals surface area (Å²) in [5, 5.41) is 9.01. The molecule has 3 aliphatic rings. The van der Waals surface area contributed by atoms with Gasteiger partial charge in [0.15, 0.2) is 0 Å². The molecule has 2 saturated heterocycles. The molecule has 2 aromatic rings. The number of fused-ring (bicyclic) bond motifs is 1. The Hall–Kier alpha value is -2.60. The Labute approximate surface area is 177 Å². The van der Waals surface area contributed by atoms with Gasteiger partial charge in [0.2, 0.25) is 0 Å². The van der Waals surface area contributed by atoms with Gasteiger partial charge in [0.05, 0.1) is 5.69 Å². The van der Waals surface area contributed by atoms with Crippen LogP contribution in [0.15, 0.2) is 41.0 Å². The number of hydrogen-bond acceptors (Lipinski definition) is 4. The topological polar surface area (TPSA) is 72.5 Å². The Balaban J connectivity index is 1.39. The Morgan fingerprint density at radius 2 is 2.00 bits per heavy atom. The molecule has 2 aliphatic heterocycles. The van der Waals surface area contributed by atoms with Crippen molar-refractivity contribution in [2.75, 3.05) is 33.2 Å². The summed E-state index contributed by atoms with van der Waals surface area (Å²) in [6.45, 7) is 8.45. The second-order valence-corrected chi connectivity index (χ2v) is 10.0. The van der Waals surface area contributed by atoms with Crippen LogP contribution in [0.1, 0.15) is 49.2 Å². The van der Waals surface area contributed by atoms with E-state index in [1.54, 1.807) is 0 Å². The lowest BCUT2D eigenvalue weighted by Gasteiger charge is -2.56. The Kier molecular flexibility index (Phi) is 4.51. The average molecular weight is 406 g/mol. The van der Waals surface area contributed by atoms with Crippen molar-refractivity contribution in [1.29, 1.82) is 0 Å². The molecule has 1 aromatic heterocycles. The SMILES string of the molecule is CN/N=C(\C1=CCC(C)(C)CC1)c1cc2ccc(C(=O)N3CC4(CNC4)C3)cc2[nH]1. The van der Waals surface area contributed by atoms with Gasteiger partial charge in [0, 0.05) is 55.1 Å². The maximum absolute atomic E-state index is 12.9. The number of allylic oxidation sites excluding steroid dienone is 2. The van der Waals surface area contributed by atoms with E-state index in [0.29, 0.717) is 10.8 Å². The van der Waals surface area contributed by atoms with Gasteiger partial charge in [0.25, 0.3) is 5.91 Å². The van der Waals surface area contributed by atoms with Crippen LogP contribution >= 0.6 is 0 Å². The van der Waals surface area contributed by atoms with Crippen LogP contribution in [0.5, 0.6) is 0 Å². The fraction of sp³-hybridized carbons (Fsp3) is 0.500. The quantitative estimate of drug-likeness (QED) is 0.540. The lowest BCUT2D eigenvalue weighted by atomic mass is 9.74. The van der Waals surface area contributed by atoms with Crippen molar-refractivity contribution >= 4 is 22.5 Å². The number of H-pyrrole nitrogens is 1. The van der Waals surface area contributed by atoms with Gasteiger partial charge in [-0.1, -0.05) is 26.0 Å². The van der Waals surface area contributed by atoms with Crippen LogP contribution in [-0.4, -0.2) is 54.7 Å². The summed E-state index contributed by atoms with van der Waals surface area (Å²) in [5.41, 5.74) is 8.66. The fourth-order valence-corrected chi connectivity index (χ4v) is 4.89. The van der Waals surface area contributed by atoms with Crippen molar-refractivity contribution in [3.63, 3.8) is 0 Å². The predicted octanol–water partition coefficient (Wildman–Crippen LogP) is 3.27. The molecule has 1 aliphatic carbocycles. The van der Waals surface area contributed by atoms with E-state index in [2.05, 4.69) is 46.8 Å². The summed E-state index contributed by atoms with van der Waals surface area (Å²) in [7, 11) is 1.84. The van der Waals surface area contributed by atoms with Gasteiger partial charge in [-0.3, -0.25) is 4.79 Å². The number of rotatable bonds is 4. The van der Waals surface area contributed by atoms with Crippen molar-refractivity contribution in [3.05, 3.63) is 47.2 Å².